The average molecular weight is 339 g/mol. The van der Waals surface area contributed by atoms with Crippen LogP contribution >= 0.6 is 27.3 Å². The molecule has 3 rings (SSSR count). The van der Waals surface area contributed by atoms with E-state index in [0.717, 1.165) is 26.4 Å². The van der Waals surface area contributed by atoms with Gasteiger partial charge in [0.15, 0.2) is 0 Å². The first-order valence-electron chi connectivity index (χ1n) is 6.32. The van der Waals surface area contributed by atoms with Crippen molar-refractivity contribution in [3.8, 4) is 5.75 Å². The number of aryl methyl sites for hydroxylation is 1. The summed E-state index contributed by atoms with van der Waals surface area (Å²) in [4.78, 5) is 1.02. The van der Waals surface area contributed by atoms with Crippen LogP contribution in [0.2, 0.25) is 0 Å². The molecule has 0 spiro atoms. The summed E-state index contributed by atoms with van der Waals surface area (Å²) in [7, 11) is 0. The highest BCUT2D eigenvalue weighted by Gasteiger charge is 2.29. The van der Waals surface area contributed by atoms with Gasteiger partial charge in [0.1, 0.15) is 5.75 Å². The van der Waals surface area contributed by atoms with Crippen molar-refractivity contribution >= 4 is 27.3 Å². The SMILES string of the molecule is Cc1cc(C(O)C2CCOc3ccccc32)sc1Br. The van der Waals surface area contributed by atoms with E-state index >= 15 is 0 Å². The summed E-state index contributed by atoms with van der Waals surface area (Å²) in [6.07, 6.45) is 0.396. The molecule has 1 aliphatic rings. The van der Waals surface area contributed by atoms with Gasteiger partial charge in [-0.3, -0.25) is 0 Å². The zero-order valence-electron chi connectivity index (χ0n) is 10.6. The molecule has 19 heavy (non-hydrogen) atoms. The summed E-state index contributed by atoms with van der Waals surface area (Å²) in [5, 5.41) is 10.7. The summed E-state index contributed by atoms with van der Waals surface area (Å²) in [6, 6.07) is 10.1. The molecular weight excluding hydrogens is 324 g/mol. The van der Waals surface area contributed by atoms with Gasteiger partial charge < -0.3 is 9.84 Å². The lowest BCUT2D eigenvalue weighted by molar-refractivity contribution is 0.120. The summed E-state index contributed by atoms with van der Waals surface area (Å²) < 4.78 is 6.75. The van der Waals surface area contributed by atoms with Crippen molar-refractivity contribution in [2.45, 2.75) is 25.4 Å². The summed E-state index contributed by atoms with van der Waals surface area (Å²) in [5.74, 6) is 1.03. The van der Waals surface area contributed by atoms with E-state index in [9.17, 15) is 5.11 Å². The Morgan fingerprint density at radius 2 is 2.21 bits per heavy atom. The van der Waals surface area contributed by atoms with Crippen LogP contribution in [0.1, 0.15) is 34.4 Å². The summed E-state index contributed by atoms with van der Waals surface area (Å²) in [5.41, 5.74) is 2.29. The van der Waals surface area contributed by atoms with E-state index in [-0.39, 0.29) is 5.92 Å². The lowest BCUT2D eigenvalue weighted by atomic mass is 9.87. The van der Waals surface area contributed by atoms with Gasteiger partial charge in [-0.1, -0.05) is 18.2 Å². The molecule has 2 unspecified atom stereocenters. The molecule has 0 aliphatic carbocycles. The summed E-state index contributed by atoms with van der Waals surface area (Å²) in [6.45, 7) is 2.72. The first-order chi connectivity index (χ1) is 9.16. The van der Waals surface area contributed by atoms with E-state index in [2.05, 4.69) is 35.0 Å². The zero-order valence-corrected chi connectivity index (χ0v) is 13.0. The lowest BCUT2D eigenvalue weighted by Gasteiger charge is -2.29. The Morgan fingerprint density at radius 1 is 1.42 bits per heavy atom. The average Bonchev–Trinajstić information content (AvgIpc) is 2.77. The van der Waals surface area contributed by atoms with E-state index in [1.54, 1.807) is 11.3 Å². The number of aliphatic hydroxyl groups excluding tert-OH is 1. The van der Waals surface area contributed by atoms with Gasteiger partial charge in [-0.2, -0.15) is 0 Å². The van der Waals surface area contributed by atoms with Crippen molar-refractivity contribution in [3.63, 3.8) is 0 Å². The van der Waals surface area contributed by atoms with Gasteiger partial charge in [-0.25, -0.2) is 0 Å². The summed E-state index contributed by atoms with van der Waals surface area (Å²) >= 11 is 5.14. The molecule has 1 N–H and O–H groups in total. The van der Waals surface area contributed by atoms with Crippen LogP contribution < -0.4 is 4.74 Å². The minimum absolute atomic E-state index is 0.120. The highest BCUT2D eigenvalue weighted by Crippen LogP contribution is 2.44. The molecule has 0 fully saturated rings. The molecular formula is C15H15BrO2S. The van der Waals surface area contributed by atoms with E-state index in [1.165, 1.54) is 5.56 Å². The zero-order chi connectivity index (χ0) is 13.4. The quantitative estimate of drug-likeness (QED) is 0.878. The second kappa shape index (κ2) is 5.27. The van der Waals surface area contributed by atoms with Crippen molar-refractivity contribution in [2.75, 3.05) is 6.61 Å². The number of thiophene rings is 1. The minimum Gasteiger partial charge on any atom is -0.493 e. The first-order valence-corrected chi connectivity index (χ1v) is 7.93. The molecule has 1 aliphatic heterocycles. The predicted octanol–water partition coefficient (Wildman–Crippen LogP) is 4.42. The maximum atomic E-state index is 10.7. The monoisotopic (exact) mass is 338 g/mol. The third kappa shape index (κ3) is 2.45. The first kappa shape index (κ1) is 13.2. The van der Waals surface area contributed by atoms with E-state index in [4.69, 9.17) is 4.74 Å². The van der Waals surface area contributed by atoms with Crippen molar-refractivity contribution < 1.29 is 9.84 Å². The number of aliphatic hydroxyl groups is 1. The second-order valence-electron chi connectivity index (χ2n) is 4.83. The van der Waals surface area contributed by atoms with Crippen LogP contribution in [0, 0.1) is 6.92 Å². The van der Waals surface area contributed by atoms with Gasteiger partial charge in [0, 0.05) is 16.4 Å². The Bertz CT molecular complexity index is 574. The molecule has 2 atom stereocenters. The molecule has 100 valence electrons. The lowest BCUT2D eigenvalue weighted by Crippen LogP contribution is -2.19. The molecule has 2 heterocycles. The molecule has 0 bridgehead atoms. The van der Waals surface area contributed by atoms with Gasteiger partial charge in [0.2, 0.25) is 0 Å². The Kier molecular flexibility index (Phi) is 3.65. The maximum Gasteiger partial charge on any atom is 0.122 e. The second-order valence-corrected chi connectivity index (χ2v) is 7.23. The number of halogens is 1. The fourth-order valence-electron chi connectivity index (χ4n) is 2.53. The highest BCUT2D eigenvalue weighted by molar-refractivity contribution is 9.11. The third-order valence-corrected chi connectivity index (χ3v) is 5.76. The predicted molar refractivity (Wildman–Crippen MR) is 81.0 cm³/mol. The number of hydrogen-bond acceptors (Lipinski definition) is 3. The van der Waals surface area contributed by atoms with E-state index in [0.29, 0.717) is 6.61 Å². The number of benzene rings is 1. The molecule has 4 heteroatoms. The van der Waals surface area contributed by atoms with Gasteiger partial charge in [0.05, 0.1) is 16.5 Å². The van der Waals surface area contributed by atoms with E-state index < -0.39 is 6.10 Å². The molecule has 1 aromatic heterocycles. The fraction of sp³-hybridized carbons (Fsp3) is 0.333. The van der Waals surface area contributed by atoms with Crippen LogP contribution in [-0.4, -0.2) is 11.7 Å². The molecule has 1 aromatic carbocycles. The fourth-order valence-corrected chi connectivity index (χ4v) is 4.15. The molecule has 2 aromatic rings. The molecule has 0 radical (unpaired) electrons. The molecule has 0 amide bonds. The number of para-hydroxylation sites is 1. The number of ether oxygens (including phenoxy) is 1. The Hall–Kier alpha value is -0.840. The van der Waals surface area contributed by atoms with Crippen LogP contribution in [0.5, 0.6) is 5.75 Å². The number of fused-ring (bicyclic) bond motifs is 1. The Balaban J connectivity index is 1.95. The normalized spacial score (nSPS) is 19.6. The molecule has 0 saturated carbocycles. The smallest absolute Gasteiger partial charge is 0.122 e. The standard InChI is InChI=1S/C15H15BrO2S/c1-9-8-13(19-15(9)16)14(17)11-6-7-18-12-5-3-2-4-10(11)12/h2-5,8,11,14,17H,6-7H2,1H3. The van der Waals surface area contributed by atoms with Crippen LogP contribution in [0.3, 0.4) is 0 Å². The van der Waals surface area contributed by atoms with Gasteiger partial charge in [-0.05, 0) is 47.0 Å². The minimum atomic E-state index is -0.458. The van der Waals surface area contributed by atoms with Crippen LogP contribution in [0.15, 0.2) is 34.1 Å². The van der Waals surface area contributed by atoms with Crippen molar-refractivity contribution in [3.05, 3.63) is 50.1 Å². The number of rotatable bonds is 2. The van der Waals surface area contributed by atoms with Crippen molar-refractivity contribution in [2.24, 2.45) is 0 Å². The Morgan fingerprint density at radius 3 is 2.95 bits per heavy atom. The third-order valence-electron chi connectivity index (χ3n) is 3.55. The van der Waals surface area contributed by atoms with Gasteiger partial charge in [-0.15, -0.1) is 11.3 Å². The van der Waals surface area contributed by atoms with Crippen molar-refractivity contribution in [1.29, 1.82) is 0 Å². The van der Waals surface area contributed by atoms with Gasteiger partial charge in [0.25, 0.3) is 0 Å². The van der Waals surface area contributed by atoms with Gasteiger partial charge >= 0.3 is 0 Å². The van der Waals surface area contributed by atoms with Crippen LogP contribution in [0.4, 0.5) is 0 Å². The highest BCUT2D eigenvalue weighted by atomic mass is 79.9. The molecule has 0 saturated heterocycles. The van der Waals surface area contributed by atoms with Crippen LogP contribution in [-0.2, 0) is 0 Å². The van der Waals surface area contributed by atoms with Crippen molar-refractivity contribution in [1.82, 2.24) is 0 Å². The molecule has 2 nitrogen and oxygen atoms in total. The maximum absolute atomic E-state index is 10.7. The largest absolute Gasteiger partial charge is 0.493 e. The van der Waals surface area contributed by atoms with E-state index in [1.807, 2.05) is 18.2 Å². The van der Waals surface area contributed by atoms with Crippen LogP contribution in [0.25, 0.3) is 0 Å². The Labute approximate surface area is 125 Å². The topological polar surface area (TPSA) is 29.5 Å². The number of hydrogen-bond donors (Lipinski definition) is 1.